The highest BCUT2D eigenvalue weighted by Gasteiger charge is 2.02. The Morgan fingerprint density at radius 1 is 1.58 bits per heavy atom. The zero-order valence-corrected chi connectivity index (χ0v) is 6.98. The molecule has 0 aliphatic heterocycles. The Labute approximate surface area is 72.2 Å². The van der Waals surface area contributed by atoms with Gasteiger partial charge in [0.2, 0.25) is 0 Å². The molecule has 0 aliphatic rings. The van der Waals surface area contributed by atoms with E-state index in [1.54, 1.807) is 12.4 Å². The fourth-order valence-electron chi connectivity index (χ4n) is 1.09. The van der Waals surface area contributed by atoms with Crippen molar-refractivity contribution in [3.05, 3.63) is 30.1 Å². The Morgan fingerprint density at radius 3 is 3.00 bits per heavy atom. The molecular weight excluding hydrogens is 152 g/mol. The number of hydrogen-bond acceptors (Lipinski definition) is 3. The minimum Gasteiger partial charge on any atom is -0.396 e. The van der Waals surface area contributed by atoms with E-state index >= 15 is 0 Å². The topological polar surface area (TPSA) is 59.1 Å². The predicted octanol–water partition coefficient (Wildman–Crippen LogP) is 0.334. The van der Waals surface area contributed by atoms with Gasteiger partial charge in [-0.25, -0.2) is 0 Å². The second kappa shape index (κ2) is 4.85. The smallest absolute Gasteiger partial charge is 0.0445 e. The van der Waals surface area contributed by atoms with Crippen molar-refractivity contribution in [1.82, 2.24) is 4.98 Å². The molecule has 1 heterocycles. The van der Waals surface area contributed by atoms with Crippen molar-refractivity contribution in [2.75, 3.05) is 6.61 Å². The lowest BCUT2D eigenvalue weighted by atomic mass is 10.1. The summed E-state index contributed by atoms with van der Waals surface area (Å²) in [5, 5.41) is 8.62. The third-order valence-corrected chi connectivity index (χ3v) is 1.72. The molecule has 0 aliphatic carbocycles. The molecular formula is C9H14N2O. The fraction of sp³-hybridized carbons (Fsp3) is 0.444. The minimum absolute atomic E-state index is 0.0409. The second-order valence-corrected chi connectivity index (χ2v) is 2.84. The monoisotopic (exact) mass is 166 g/mol. The number of pyridine rings is 1. The third-order valence-electron chi connectivity index (χ3n) is 1.72. The van der Waals surface area contributed by atoms with Crippen LogP contribution in [0.2, 0.25) is 0 Å². The SMILES string of the molecule is N[C@@H](CCO)Cc1cccnc1. The van der Waals surface area contributed by atoms with Crippen LogP contribution < -0.4 is 5.73 Å². The molecule has 1 atom stereocenters. The summed E-state index contributed by atoms with van der Waals surface area (Å²) in [6.45, 7) is 0.154. The Morgan fingerprint density at radius 2 is 2.42 bits per heavy atom. The number of aliphatic hydroxyl groups is 1. The maximum absolute atomic E-state index is 8.62. The summed E-state index contributed by atoms with van der Waals surface area (Å²) < 4.78 is 0. The first-order valence-corrected chi connectivity index (χ1v) is 4.08. The summed E-state index contributed by atoms with van der Waals surface area (Å²) in [7, 11) is 0. The molecule has 3 heteroatoms. The van der Waals surface area contributed by atoms with Gasteiger partial charge in [0, 0.05) is 25.0 Å². The first-order chi connectivity index (χ1) is 5.83. The molecule has 0 unspecified atom stereocenters. The molecule has 3 nitrogen and oxygen atoms in total. The molecule has 0 saturated heterocycles. The van der Waals surface area contributed by atoms with E-state index in [2.05, 4.69) is 4.98 Å². The highest BCUT2D eigenvalue weighted by molar-refractivity contribution is 5.09. The summed E-state index contributed by atoms with van der Waals surface area (Å²) in [5.74, 6) is 0. The normalized spacial score (nSPS) is 12.8. The molecule has 0 aromatic carbocycles. The average Bonchev–Trinajstić information content (AvgIpc) is 2.06. The van der Waals surface area contributed by atoms with Gasteiger partial charge in [-0.1, -0.05) is 6.07 Å². The van der Waals surface area contributed by atoms with Gasteiger partial charge < -0.3 is 10.8 Å². The third kappa shape index (κ3) is 2.98. The van der Waals surface area contributed by atoms with E-state index in [1.807, 2.05) is 12.1 Å². The van der Waals surface area contributed by atoms with E-state index in [0.29, 0.717) is 6.42 Å². The first-order valence-electron chi connectivity index (χ1n) is 4.08. The molecule has 12 heavy (non-hydrogen) atoms. The van der Waals surface area contributed by atoms with Crippen molar-refractivity contribution < 1.29 is 5.11 Å². The van der Waals surface area contributed by atoms with Crippen LogP contribution >= 0.6 is 0 Å². The van der Waals surface area contributed by atoms with Crippen LogP contribution in [0, 0.1) is 0 Å². The van der Waals surface area contributed by atoms with E-state index in [-0.39, 0.29) is 12.6 Å². The number of hydrogen-bond donors (Lipinski definition) is 2. The second-order valence-electron chi connectivity index (χ2n) is 2.84. The van der Waals surface area contributed by atoms with Gasteiger partial charge in [-0.3, -0.25) is 4.98 Å². The lowest BCUT2D eigenvalue weighted by Crippen LogP contribution is -2.23. The Kier molecular flexibility index (Phi) is 3.70. The predicted molar refractivity (Wildman–Crippen MR) is 47.6 cm³/mol. The van der Waals surface area contributed by atoms with Gasteiger partial charge in [0.15, 0.2) is 0 Å². The van der Waals surface area contributed by atoms with E-state index in [9.17, 15) is 0 Å². The summed E-state index contributed by atoms with van der Waals surface area (Å²) in [6.07, 6.45) is 4.97. The summed E-state index contributed by atoms with van der Waals surface area (Å²) in [5.41, 5.74) is 6.85. The Bertz CT molecular complexity index is 213. The molecule has 0 fully saturated rings. The number of nitrogens with zero attached hydrogens (tertiary/aromatic N) is 1. The van der Waals surface area contributed by atoms with Gasteiger partial charge in [-0.15, -0.1) is 0 Å². The summed E-state index contributed by atoms with van der Waals surface area (Å²) in [6, 6.07) is 3.92. The quantitative estimate of drug-likeness (QED) is 0.677. The molecule has 0 bridgehead atoms. The Balaban J connectivity index is 2.41. The van der Waals surface area contributed by atoms with Crippen molar-refractivity contribution in [1.29, 1.82) is 0 Å². The van der Waals surface area contributed by atoms with Gasteiger partial charge in [-0.05, 0) is 24.5 Å². The lowest BCUT2D eigenvalue weighted by molar-refractivity contribution is 0.275. The van der Waals surface area contributed by atoms with E-state index in [1.165, 1.54) is 0 Å². The van der Waals surface area contributed by atoms with Crippen molar-refractivity contribution in [3.8, 4) is 0 Å². The number of rotatable bonds is 4. The standard InChI is InChI=1S/C9H14N2O/c10-9(3-5-12)6-8-2-1-4-11-7-8/h1-2,4,7,9,12H,3,5-6,10H2/t9-/m0/s1. The molecule has 3 N–H and O–H groups in total. The molecule has 1 aromatic rings. The highest BCUT2D eigenvalue weighted by atomic mass is 16.3. The van der Waals surface area contributed by atoms with Crippen LogP contribution in [0.4, 0.5) is 0 Å². The largest absolute Gasteiger partial charge is 0.396 e. The van der Waals surface area contributed by atoms with Gasteiger partial charge >= 0.3 is 0 Å². The van der Waals surface area contributed by atoms with Crippen LogP contribution in [0.25, 0.3) is 0 Å². The maximum atomic E-state index is 8.62. The average molecular weight is 166 g/mol. The molecule has 1 rings (SSSR count). The molecule has 0 radical (unpaired) electrons. The van der Waals surface area contributed by atoms with Gasteiger partial charge in [0.05, 0.1) is 0 Å². The summed E-state index contributed by atoms with van der Waals surface area (Å²) >= 11 is 0. The molecule has 1 aromatic heterocycles. The zero-order valence-electron chi connectivity index (χ0n) is 6.98. The number of nitrogens with two attached hydrogens (primary N) is 1. The van der Waals surface area contributed by atoms with Crippen LogP contribution in [-0.2, 0) is 6.42 Å². The van der Waals surface area contributed by atoms with E-state index in [4.69, 9.17) is 10.8 Å². The van der Waals surface area contributed by atoms with Crippen LogP contribution in [0.3, 0.4) is 0 Å². The van der Waals surface area contributed by atoms with Crippen LogP contribution in [0.1, 0.15) is 12.0 Å². The van der Waals surface area contributed by atoms with Crippen LogP contribution in [0.5, 0.6) is 0 Å². The van der Waals surface area contributed by atoms with Gasteiger partial charge in [-0.2, -0.15) is 0 Å². The number of aromatic nitrogens is 1. The minimum atomic E-state index is 0.0409. The number of aliphatic hydroxyl groups excluding tert-OH is 1. The molecule has 0 amide bonds. The first kappa shape index (κ1) is 9.16. The van der Waals surface area contributed by atoms with E-state index in [0.717, 1.165) is 12.0 Å². The van der Waals surface area contributed by atoms with Crippen LogP contribution in [-0.4, -0.2) is 22.7 Å². The summed E-state index contributed by atoms with van der Waals surface area (Å²) in [4.78, 5) is 3.98. The Hall–Kier alpha value is -0.930. The maximum Gasteiger partial charge on any atom is 0.0445 e. The molecule has 0 saturated carbocycles. The lowest BCUT2D eigenvalue weighted by Gasteiger charge is -2.08. The van der Waals surface area contributed by atoms with Crippen molar-refractivity contribution >= 4 is 0 Å². The van der Waals surface area contributed by atoms with Crippen molar-refractivity contribution in [2.45, 2.75) is 18.9 Å². The van der Waals surface area contributed by atoms with Crippen LogP contribution in [0.15, 0.2) is 24.5 Å². The molecule has 0 spiro atoms. The zero-order chi connectivity index (χ0) is 8.81. The van der Waals surface area contributed by atoms with Gasteiger partial charge in [0.25, 0.3) is 0 Å². The van der Waals surface area contributed by atoms with E-state index < -0.39 is 0 Å². The van der Waals surface area contributed by atoms with Gasteiger partial charge in [0.1, 0.15) is 0 Å². The fourth-order valence-corrected chi connectivity index (χ4v) is 1.09. The van der Waals surface area contributed by atoms with Crippen molar-refractivity contribution in [3.63, 3.8) is 0 Å². The van der Waals surface area contributed by atoms with Crippen molar-refractivity contribution in [2.24, 2.45) is 5.73 Å². The molecule has 66 valence electrons. The highest BCUT2D eigenvalue weighted by Crippen LogP contribution is 2.01.